The van der Waals surface area contributed by atoms with Gasteiger partial charge in [0.2, 0.25) is 0 Å². The number of benzene rings is 2. The van der Waals surface area contributed by atoms with Gasteiger partial charge in [-0.2, -0.15) is 0 Å². The van der Waals surface area contributed by atoms with Crippen molar-refractivity contribution in [2.75, 3.05) is 0 Å². The summed E-state index contributed by atoms with van der Waals surface area (Å²) in [5.41, 5.74) is 3.87. The number of ether oxygens (including phenoxy) is 2. The monoisotopic (exact) mass is 378 g/mol. The third-order valence-electron chi connectivity index (χ3n) is 5.21. The van der Waals surface area contributed by atoms with Crippen LogP contribution in [0.5, 0.6) is 0 Å². The van der Waals surface area contributed by atoms with Gasteiger partial charge in [0.1, 0.15) is 0 Å². The average Bonchev–Trinajstić information content (AvgIpc) is 2.67. The maximum atomic E-state index is 11.5. The van der Waals surface area contributed by atoms with Crippen LogP contribution < -0.4 is 0 Å². The molecule has 0 atom stereocenters. The van der Waals surface area contributed by atoms with Crippen LogP contribution in [0.3, 0.4) is 0 Å². The Morgan fingerprint density at radius 1 is 0.500 bits per heavy atom. The SMILES string of the molecule is O=C1CC(c2ccc(-c3ccc(C4CC(=O)OC(=O)C4)cc3)cc2)CC(=O)O1. The van der Waals surface area contributed by atoms with Crippen LogP contribution in [0.2, 0.25) is 0 Å². The van der Waals surface area contributed by atoms with Crippen molar-refractivity contribution in [2.24, 2.45) is 0 Å². The van der Waals surface area contributed by atoms with Crippen LogP contribution in [0, 0.1) is 0 Å². The maximum Gasteiger partial charge on any atom is 0.314 e. The molecular weight excluding hydrogens is 360 g/mol. The molecule has 2 aliphatic heterocycles. The molecule has 6 nitrogen and oxygen atoms in total. The summed E-state index contributed by atoms with van der Waals surface area (Å²) in [6.45, 7) is 0. The minimum Gasteiger partial charge on any atom is -0.393 e. The first kappa shape index (κ1) is 18.1. The van der Waals surface area contributed by atoms with E-state index in [0.717, 1.165) is 22.3 Å². The lowest BCUT2D eigenvalue weighted by atomic mass is 9.88. The molecule has 2 aromatic carbocycles. The topological polar surface area (TPSA) is 86.7 Å². The fraction of sp³-hybridized carbons (Fsp3) is 0.273. The molecule has 0 unspecified atom stereocenters. The Morgan fingerprint density at radius 3 is 1.07 bits per heavy atom. The molecule has 0 aliphatic carbocycles. The number of esters is 4. The summed E-state index contributed by atoms with van der Waals surface area (Å²) in [6.07, 6.45) is 0.843. The summed E-state index contributed by atoms with van der Waals surface area (Å²) in [6, 6.07) is 15.5. The Morgan fingerprint density at radius 2 is 0.786 bits per heavy atom. The highest BCUT2D eigenvalue weighted by Crippen LogP contribution is 2.32. The molecule has 28 heavy (non-hydrogen) atoms. The summed E-state index contributed by atoms with van der Waals surface area (Å²) >= 11 is 0. The van der Waals surface area contributed by atoms with E-state index in [2.05, 4.69) is 9.47 Å². The summed E-state index contributed by atoms with van der Waals surface area (Å²) in [7, 11) is 0. The van der Waals surface area contributed by atoms with Crippen molar-refractivity contribution in [3.8, 4) is 11.1 Å². The molecule has 0 amide bonds. The van der Waals surface area contributed by atoms with E-state index in [4.69, 9.17) is 0 Å². The van der Waals surface area contributed by atoms with Crippen molar-refractivity contribution in [3.63, 3.8) is 0 Å². The van der Waals surface area contributed by atoms with Gasteiger partial charge in [-0.05, 0) is 22.3 Å². The molecule has 2 heterocycles. The number of hydrogen-bond donors (Lipinski definition) is 0. The van der Waals surface area contributed by atoms with Crippen molar-refractivity contribution in [2.45, 2.75) is 37.5 Å². The Labute approximate surface area is 161 Å². The fourth-order valence-corrected chi connectivity index (χ4v) is 3.74. The largest absolute Gasteiger partial charge is 0.393 e. The molecule has 0 radical (unpaired) electrons. The maximum absolute atomic E-state index is 11.5. The van der Waals surface area contributed by atoms with Crippen LogP contribution in [0.15, 0.2) is 48.5 Å². The molecule has 0 spiro atoms. The van der Waals surface area contributed by atoms with Gasteiger partial charge in [-0.15, -0.1) is 0 Å². The number of cyclic esters (lactones) is 4. The molecule has 142 valence electrons. The van der Waals surface area contributed by atoms with Crippen molar-refractivity contribution in [3.05, 3.63) is 59.7 Å². The standard InChI is InChI=1S/C22H18O6/c23-19-9-17(10-20(24)27-19)15-5-1-13(2-6-15)14-3-7-16(8-4-14)18-11-21(25)28-22(26)12-18/h1-8,17-18H,9-12H2. The predicted molar refractivity (Wildman–Crippen MR) is 98.0 cm³/mol. The van der Waals surface area contributed by atoms with Gasteiger partial charge in [-0.3, -0.25) is 19.2 Å². The molecule has 0 aromatic heterocycles. The van der Waals surface area contributed by atoms with Gasteiger partial charge in [0.05, 0.1) is 25.7 Å². The molecule has 2 aliphatic rings. The average molecular weight is 378 g/mol. The normalized spacial score (nSPS) is 18.7. The first-order chi connectivity index (χ1) is 13.5. The van der Waals surface area contributed by atoms with E-state index in [-0.39, 0.29) is 37.5 Å². The third-order valence-corrected chi connectivity index (χ3v) is 5.21. The highest BCUT2D eigenvalue weighted by molar-refractivity contribution is 5.90. The lowest BCUT2D eigenvalue weighted by Crippen LogP contribution is -2.24. The molecule has 4 rings (SSSR count). The zero-order valence-electron chi connectivity index (χ0n) is 15.1. The van der Waals surface area contributed by atoms with Gasteiger partial charge in [-0.25, -0.2) is 0 Å². The van der Waals surface area contributed by atoms with Crippen LogP contribution in [0.25, 0.3) is 11.1 Å². The summed E-state index contributed by atoms with van der Waals surface area (Å²) in [5.74, 6) is -2.21. The zero-order valence-corrected chi connectivity index (χ0v) is 15.1. The van der Waals surface area contributed by atoms with E-state index in [1.807, 2.05) is 48.5 Å². The van der Waals surface area contributed by atoms with E-state index < -0.39 is 23.9 Å². The molecule has 0 N–H and O–H groups in total. The highest BCUT2D eigenvalue weighted by Gasteiger charge is 2.29. The summed E-state index contributed by atoms with van der Waals surface area (Å²) in [5, 5.41) is 0. The molecule has 2 fully saturated rings. The Balaban J connectivity index is 1.49. The second-order valence-corrected chi connectivity index (χ2v) is 7.15. The first-order valence-electron chi connectivity index (χ1n) is 9.15. The predicted octanol–water partition coefficient (Wildman–Crippen LogP) is 3.25. The molecule has 0 bridgehead atoms. The molecular formula is C22H18O6. The number of carbonyl (C=O) groups is 4. The van der Waals surface area contributed by atoms with E-state index in [0.29, 0.717) is 0 Å². The van der Waals surface area contributed by atoms with Crippen molar-refractivity contribution < 1.29 is 28.7 Å². The Hall–Kier alpha value is -3.28. The Kier molecular flexibility index (Phi) is 4.77. The van der Waals surface area contributed by atoms with Crippen LogP contribution in [0.4, 0.5) is 0 Å². The third kappa shape index (κ3) is 3.86. The lowest BCUT2D eigenvalue weighted by Gasteiger charge is -2.21. The molecule has 6 heteroatoms. The van der Waals surface area contributed by atoms with Gasteiger partial charge in [-0.1, -0.05) is 48.5 Å². The molecule has 0 saturated carbocycles. The number of rotatable bonds is 3. The van der Waals surface area contributed by atoms with E-state index in [9.17, 15) is 19.2 Å². The fourth-order valence-electron chi connectivity index (χ4n) is 3.74. The molecule has 2 aromatic rings. The van der Waals surface area contributed by atoms with Gasteiger partial charge in [0.15, 0.2) is 0 Å². The number of carbonyl (C=O) groups excluding carboxylic acids is 4. The first-order valence-corrected chi connectivity index (χ1v) is 9.15. The van der Waals surface area contributed by atoms with Gasteiger partial charge in [0, 0.05) is 11.8 Å². The second kappa shape index (κ2) is 7.38. The van der Waals surface area contributed by atoms with Crippen LogP contribution in [-0.4, -0.2) is 23.9 Å². The Bertz CT molecular complexity index is 830. The quantitative estimate of drug-likeness (QED) is 0.602. The van der Waals surface area contributed by atoms with Gasteiger partial charge >= 0.3 is 23.9 Å². The van der Waals surface area contributed by atoms with Crippen molar-refractivity contribution in [1.82, 2.24) is 0 Å². The van der Waals surface area contributed by atoms with Crippen LogP contribution in [0.1, 0.15) is 48.6 Å². The molecule has 2 saturated heterocycles. The van der Waals surface area contributed by atoms with Crippen LogP contribution >= 0.6 is 0 Å². The van der Waals surface area contributed by atoms with Gasteiger partial charge < -0.3 is 9.47 Å². The minimum absolute atomic E-state index is 0.145. The van der Waals surface area contributed by atoms with E-state index >= 15 is 0 Å². The van der Waals surface area contributed by atoms with E-state index in [1.165, 1.54) is 0 Å². The lowest BCUT2D eigenvalue weighted by molar-refractivity contribution is -0.165. The van der Waals surface area contributed by atoms with Crippen molar-refractivity contribution >= 4 is 23.9 Å². The van der Waals surface area contributed by atoms with Crippen molar-refractivity contribution in [1.29, 1.82) is 0 Å². The zero-order chi connectivity index (χ0) is 19.7. The smallest absolute Gasteiger partial charge is 0.314 e. The summed E-state index contributed by atoms with van der Waals surface area (Å²) in [4.78, 5) is 45.8. The van der Waals surface area contributed by atoms with Gasteiger partial charge in [0.25, 0.3) is 0 Å². The second-order valence-electron chi connectivity index (χ2n) is 7.15. The summed E-state index contributed by atoms with van der Waals surface area (Å²) < 4.78 is 9.16. The van der Waals surface area contributed by atoms with E-state index in [1.54, 1.807) is 0 Å². The highest BCUT2D eigenvalue weighted by atomic mass is 16.6. The minimum atomic E-state index is -0.481. The van der Waals surface area contributed by atoms with Crippen LogP contribution in [-0.2, 0) is 28.7 Å². The number of hydrogen-bond acceptors (Lipinski definition) is 6.